The van der Waals surface area contributed by atoms with Gasteiger partial charge in [0.05, 0.1) is 12.6 Å². The quantitative estimate of drug-likeness (QED) is 0.777. The number of amides is 1. The lowest BCUT2D eigenvalue weighted by Crippen LogP contribution is -2.44. The Hall–Kier alpha value is -1.40. The van der Waals surface area contributed by atoms with Crippen LogP contribution in [-0.4, -0.2) is 30.0 Å². The zero-order valence-corrected chi connectivity index (χ0v) is 15.4. The largest absolute Gasteiger partial charge is 0.347 e. The first-order valence-corrected chi connectivity index (χ1v) is 8.95. The Kier molecular flexibility index (Phi) is 3.92. The fraction of sp³-hybridized carbons (Fsp3) is 0.278. The van der Waals surface area contributed by atoms with Crippen molar-refractivity contribution in [1.82, 2.24) is 4.90 Å². The smallest absolute Gasteiger partial charge is 0.238 e. The van der Waals surface area contributed by atoms with Crippen molar-refractivity contribution in [2.75, 3.05) is 18.4 Å². The molecule has 1 saturated heterocycles. The molecule has 0 saturated carbocycles. The second-order valence-corrected chi connectivity index (χ2v) is 7.49. The van der Waals surface area contributed by atoms with E-state index in [4.69, 9.17) is 16.3 Å². The van der Waals surface area contributed by atoms with Crippen molar-refractivity contribution in [3.8, 4) is 0 Å². The van der Waals surface area contributed by atoms with E-state index in [9.17, 15) is 4.79 Å². The highest BCUT2D eigenvalue weighted by molar-refractivity contribution is 9.10. The van der Waals surface area contributed by atoms with E-state index in [1.165, 1.54) is 0 Å². The Morgan fingerprint density at radius 3 is 2.88 bits per heavy atom. The SMILES string of the molecule is CC1CN2CC(=O)Nc3ccc(Br)cc3C2(c2ccccc2Cl)O1. The molecular weight excluding hydrogens is 392 g/mol. The van der Waals surface area contributed by atoms with Crippen LogP contribution in [-0.2, 0) is 15.3 Å². The topological polar surface area (TPSA) is 41.6 Å². The number of nitrogens with one attached hydrogen (secondary N) is 1. The van der Waals surface area contributed by atoms with Gasteiger partial charge in [0.25, 0.3) is 0 Å². The van der Waals surface area contributed by atoms with Crippen molar-refractivity contribution in [1.29, 1.82) is 0 Å². The number of nitrogens with zero attached hydrogens (tertiary/aromatic N) is 1. The van der Waals surface area contributed by atoms with Crippen molar-refractivity contribution in [3.05, 3.63) is 63.1 Å². The summed E-state index contributed by atoms with van der Waals surface area (Å²) < 4.78 is 7.38. The highest BCUT2D eigenvalue weighted by atomic mass is 79.9. The van der Waals surface area contributed by atoms with E-state index in [0.29, 0.717) is 11.6 Å². The van der Waals surface area contributed by atoms with Gasteiger partial charge in [0.1, 0.15) is 0 Å². The van der Waals surface area contributed by atoms with Crippen LogP contribution >= 0.6 is 27.5 Å². The average Bonchev–Trinajstić information content (AvgIpc) is 2.81. The summed E-state index contributed by atoms with van der Waals surface area (Å²) in [4.78, 5) is 14.4. The molecule has 2 aromatic rings. The zero-order valence-electron chi connectivity index (χ0n) is 13.1. The van der Waals surface area contributed by atoms with Gasteiger partial charge in [-0.25, -0.2) is 0 Å². The molecule has 2 aromatic carbocycles. The third-order valence-electron chi connectivity index (χ3n) is 4.49. The molecule has 1 amide bonds. The van der Waals surface area contributed by atoms with Gasteiger partial charge in [-0.1, -0.05) is 45.7 Å². The molecule has 0 aromatic heterocycles. The number of rotatable bonds is 1. The van der Waals surface area contributed by atoms with Crippen molar-refractivity contribution in [2.45, 2.75) is 18.8 Å². The maximum Gasteiger partial charge on any atom is 0.238 e. The predicted octanol–water partition coefficient (Wildman–Crippen LogP) is 3.98. The molecule has 124 valence electrons. The van der Waals surface area contributed by atoms with E-state index in [-0.39, 0.29) is 18.6 Å². The van der Waals surface area contributed by atoms with Crippen molar-refractivity contribution < 1.29 is 9.53 Å². The molecule has 4 nitrogen and oxygen atoms in total. The standard InChI is InChI=1S/C18H16BrClN2O2/c1-11-9-22-10-17(23)21-16-7-6-12(19)8-14(16)18(22,24-11)13-4-2-3-5-15(13)20/h2-8,11H,9-10H2,1H3,(H,21,23). The molecule has 0 spiro atoms. The predicted molar refractivity (Wildman–Crippen MR) is 97.1 cm³/mol. The Balaban J connectivity index is 2.05. The monoisotopic (exact) mass is 406 g/mol. The minimum absolute atomic E-state index is 0.0148. The number of anilines is 1. The normalized spacial score (nSPS) is 26.5. The summed E-state index contributed by atoms with van der Waals surface area (Å²) in [5.41, 5.74) is 1.61. The lowest BCUT2D eigenvalue weighted by molar-refractivity contribution is -0.121. The molecule has 0 aliphatic carbocycles. The van der Waals surface area contributed by atoms with Gasteiger partial charge in [0, 0.05) is 32.9 Å². The minimum atomic E-state index is -0.879. The van der Waals surface area contributed by atoms with Crippen LogP contribution in [0, 0.1) is 0 Å². The number of hydrogen-bond acceptors (Lipinski definition) is 3. The van der Waals surface area contributed by atoms with Crippen LogP contribution in [0.2, 0.25) is 5.02 Å². The van der Waals surface area contributed by atoms with Gasteiger partial charge in [-0.2, -0.15) is 0 Å². The van der Waals surface area contributed by atoms with Crippen LogP contribution < -0.4 is 5.32 Å². The lowest BCUT2D eigenvalue weighted by atomic mass is 9.92. The second kappa shape index (κ2) is 5.85. The molecule has 1 fully saturated rings. The number of hydrogen-bond donors (Lipinski definition) is 1. The second-order valence-electron chi connectivity index (χ2n) is 6.17. The number of benzene rings is 2. The highest BCUT2D eigenvalue weighted by Crippen LogP contribution is 2.49. The summed E-state index contributed by atoms with van der Waals surface area (Å²) in [6.07, 6.45) is -0.0148. The minimum Gasteiger partial charge on any atom is -0.347 e. The van der Waals surface area contributed by atoms with Crippen LogP contribution in [0.15, 0.2) is 46.9 Å². The molecule has 0 radical (unpaired) electrons. The summed E-state index contributed by atoms with van der Waals surface area (Å²) in [6.45, 7) is 2.93. The number of carbonyl (C=O) groups excluding carboxylic acids is 1. The van der Waals surface area contributed by atoms with Gasteiger partial charge >= 0.3 is 0 Å². The molecule has 2 heterocycles. The molecule has 2 aliphatic rings. The summed E-state index contributed by atoms with van der Waals surface area (Å²) in [5.74, 6) is -0.0507. The van der Waals surface area contributed by atoms with E-state index in [2.05, 4.69) is 26.1 Å². The molecule has 2 unspecified atom stereocenters. The molecule has 1 N–H and O–H groups in total. The van der Waals surface area contributed by atoms with Crippen molar-refractivity contribution in [2.24, 2.45) is 0 Å². The van der Waals surface area contributed by atoms with Crippen LogP contribution in [0.4, 0.5) is 5.69 Å². The van der Waals surface area contributed by atoms with Gasteiger partial charge in [-0.05, 0) is 31.2 Å². The lowest BCUT2D eigenvalue weighted by Gasteiger charge is -2.37. The van der Waals surface area contributed by atoms with Gasteiger partial charge in [-0.15, -0.1) is 0 Å². The van der Waals surface area contributed by atoms with E-state index in [1.807, 2.05) is 49.4 Å². The first-order chi connectivity index (χ1) is 11.5. The molecule has 6 heteroatoms. The molecule has 24 heavy (non-hydrogen) atoms. The fourth-order valence-corrected chi connectivity index (χ4v) is 4.26. The number of halogens is 2. The fourth-order valence-electron chi connectivity index (χ4n) is 3.64. The Morgan fingerprint density at radius 1 is 1.29 bits per heavy atom. The molecule has 0 bridgehead atoms. The Bertz CT molecular complexity index is 828. The molecular formula is C18H16BrClN2O2. The van der Waals surface area contributed by atoms with Gasteiger partial charge < -0.3 is 10.1 Å². The van der Waals surface area contributed by atoms with E-state index in [0.717, 1.165) is 21.3 Å². The van der Waals surface area contributed by atoms with Crippen molar-refractivity contribution in [3.63, 3.8) is 0 Å². The van der Waals surface area contributed by atoms with Crippen LogP contribution in [0.1, 0.15) is 18.1 Å². The van der Waals surface area contributed by atoms with Crippen LogP contribution in [0.3, 0.4) is 0 Å². The molecule has 4 rings (SSSR count). The maximum absolute atomic E-state index is 12.4. The zero-order chi connectivity index (χ0) is 16.9. The first kappa shape index (κ1) is 16.1. The Morgan fingerprint density at radius 2 is 2.08 bits per heavy atom. The van der Waals surface area contributed by atoms with E-state index >= 15 is 0 Å². The summed E-state index contributed by atoms with van der Waals surface area (Å²) in [5, 5.41) is 3.60. The van der Waals surface area contributed by atoms with Crippen molar-refractivity contribution >= 4 is 39.1 Å². The van der Waals surface area contributed by atoms with Crippen LogP contribution in [0.5, 0.6) is 0 Å². The van der Waals surface area contributed by atoms with Gasteiger partial charge in [0.2, 0.25) is 5.91 Å². The summed E-state index contributed by atoms with van der Waals surface area (Å²) in [7, 11) is 0. The Labute approximate surface area is 153 Å². The number of fused-ring (bicyclic) bond motifs is 3. The number of ether oxygens (including phenoxy) is 1. The van der Waals surface area contributed by atoms with Crippen LogP contribution in [0.25, 0.3) is 0 Å². The first-order valence-electron chi connectivity index (χ1n) is 7.78. The van der Waals surface area contributed by atoms with E-state index < -0.39 is 5.72 Å². The van der Waals surface area contributed by atoms with E-state index in [1.54, 1.807) is 0 Å². The maximum atomic E-state index is 12.4. The molecule has 2 atom stereocenters. The highest BCUT2D eigenvalue weighted by Gasteiger charge is 2.52. The third kappa shape index (κ3) is 2.39. The third-order valence-corrected chi connectivity index (χ3v) is 5.31. The van der Waals surface area contributed by atoms with Gasteiger partial charge in [0.15, 0.2) is 5.72 Å². The molecule has 2 aliphatic heterocycles. The summed E-state index contributed by atoms with van der Waals surface area (Å²) >= 11 is 10.1. The number of carbonyl (C=O) groups is 1. The van der Waals surface area contributed by atoms with Gasteiger partial charge in [-0.3, -0.25) is 9.69 Å². The average molecular weight is 408 g/mol. The summed E-state index contributed by atoms with van der Waals surface area (Å²) in [6, 6.07) is 13.5.